The molecule has 0 aliphatic carbocycles. The Labute approximate surface area is 150 Å². The highest BCUT2D eigenvalue weighted by Gasteiger charge is 2.21. The lowest BCUT2D eigenvalue weighted by molar-refractivity contribution is -0.123. The number of hydrogen-bond acceptors (Lipinski definition) is 4. The van der Waals surface area contributed by atoms with E-state index in [2.05, 4.69) is 12.2 Å². The number of carbonyl (C=O) groups excluding carboxylic acids is 2. The zero-order chi connectivity index (χ0) is 17.7. The summed E-state index contributed by atoms with van der Waals surface area (Å²) in [5.41, 5.74) is 1.65. The fourth-order valence-electron chi connectivity index (χ4n) is 2.21. The number of benzene rings is 1. The molecule has 1 atom stereocenters. The molecule has 0 aliphatic rings. The van der Waals surface area contributed by atoms with Gasteiger partial charge in [-0.25, -0.2) is 4.79 Å². The van der Waals surface area contributed by atoms with Crippen LogP contribution in [0.3, 0.4) is 0 Å². The lowest BCUT2D eigenvalue weighted by Gasteiger charge is -2.13. The monoisotopic (exact) mass is 365 g/mol. The second-order valence-electron chi connectivity index (χ2n) is 5.46. The van der Waals surface area contributed by atoms with Gasteiger partial charge >= 0.3 is 5.97 Å². The average Bonchev–Trinajstić information content (AvgIpc) is 2.91. The van der Waals surface area contributed by atoms with Crippen molar-refractivity contribution in [3.8, 4) is 0 Å². The van der Waals surface area contributed by atoms with Gasteiger partial charge < -0.3 is 10.1 Å². The van der Waals surface area contributed by atoms with Gasteiger partial charge in [0.1, 0.15) is 4.88 Å². The van der Waals surface area contributed by atoms with Gasteiger partial charge in [0, 0.05) is 4.88 Å². The van der Waals surface area contributed by atoms with Crippen LogP contribution in [0.4, 0.5) is 5.69 Å². The molecule has 128 valence electrons. The molecule has 0 aliphatic heterocycles. The lowest BCUT2D eigenvalue weighted by atomic mass is 10.1. The topological polar surface area (TPSA) is 55.4 Å². The summed E-state index contributed by atoms with van der Waals surface area (Å²) in [5.74, 6) is -0.897. The Morgan fingerprint density at radius 3 is 2.71 bits per heavy atom. The molecule has 2 aromatic rings. The van der Waals surface area contributed by atoms with E-state index in [1.807, 2.05) is 13.0 Å². The molecule has 1 aromatic heterocycles. The predicted octanol–water partition coefficient (Wildman–Crippen LogP) is 4.85. The van der Waals surface area contributed by atoms with Gasteiger partial charge in [-0.3, -0.25) is 4.79 Å². The zero-order valence-electron chi connectivity index (χ0n) is 13.9. The third-order valence-electron chi connectivity index (χ3n) is 3.53. The summed E-state index contributed by atoms with van der Waals surface area (Å²) < 4.78 is 5.27. The van der Waals surface area contributed by atoms with E-state index in [0.29, 0.717) is 15.6 Å². The molecule has 0 unspecified atom stereocenters. The van der Waals surface area contributed by atoms with Gasteiger partial charge in [-0.05, 0) is 44.0 Å². The molecule has 0 bridgehead atoms. The van der Waals surface area contributed by atoms with Crippen LogP contribution >= 0.6 is 22.9 Å². The molecule has 0 radical (unpaired) electrons. The van der Waals surface area contributed by atoms with Gasteiger partial charge in [0.15, 0.2) is 6.10 Å². The van der Waals surface area contributed by atoms with E-state index in [4.69, 9.17) is 16.3 Å². The molecule has 0 saturated heterocycles. The standard InChI is InChI=1S/C18H20ClNO3S/c1-4-7-13-10-16(24-12(13)3)18(22)23-11(2)17(21)20-15-9-6-5-8-14(15)19/h5-6,8-11H,4,7H2,1-3H3,(H,20,21)/t11-/m1/s1. The number of hydrogen-bond donors (Lipinski definition) is 1. The maximum absolute atomic E-state index is 12.2. The molecule has 4 nitrogen and oxygen atoms in total. The Morgan fingerprint density at radius 2 is 2.04 bits per heavy atom. The number of rotatable bonds is 6. The van der Waals surface area contributed by atoms with Crippen LogP contribution in [0.5, 0.6) is 0 Å². The minimum Gasteiger partial charge on any atom is -0.448 e. The predicted molar refractivity (Wildman–Crippen MR) is 98.0 cm³/mol. The van der Waals surface area contributed by atoms with Gasteiger partial charge in [0.05, 0.1) is 10.7 Å². The third kappa shape index (κ3) is 4.58. The molecular formula is C18H20ClNO3S. The van der Waals surface area contributed by atoms with Gasteiger partial charge in [0.2, 0.25) is 0 Å². The Bertz CT molecular complexity index is 742. The SMILES string of the molecule is CCCc1cc(C(=O)O[C@H](C)C(=O)Nc2ccccc2Cl)sc1C. The van der Waals surface area contributed by atoms with Crippen LogP contribution in [0.15, 0.2) is 30.3 Å². The summed E-state index contributed by atoms with van der Waals surface area (Å²) in [6.45, 7) is 5.62. The van der Waals surface area contributed by atoms with E-state index in [0.717, 1.165) is 23.3 Å². The first kappa shape index (κ1) is 18.5. The fraction of sp³-hybridized carbons (Fsp3) is 0.333. The third-order valence-corrected chi connectivity index (χ3v) is 4.93. The molecule has 6 heteroatoms. The Balaban J connectivity index is 1.99. The molecule has 2 rings (SSSR count). The summed E-state index contributed by atoms with van der Waals surface area (Å²) in [6, 6.07) is 8.76. The van der Waals surface area contributed by atoms with E-state index >= 15 is 0 Å². The second kappa shape index (κ2) is 8.31. The van der Waals surface area contributed by atoms with Crippen molar-refractivity contribution < 1.29 is 14.3 Å². The van der Waals surface area contributed by atoms with Crippen molar-refractivity contribution >= 4 is 40.5 Å². The zero-order valence-corrected chi connectivity index (χ0v) is 15.5. The summed E-state index contributed by atoms with van der Waals surface area (Å²) in [4.78, 5) is 26.0. The van der Waals surface area contributed by atoms with Crippen molar-refractivity contribution in [2.24, 2.45) is 0 Å². The largest absolute Gasteiger partial charge is 0.448 e. The molecule has 0 fully saturated rings. The van der Waals surface area contributed by atoms with E-state index in [9.17, 15) is 9.59 Å². The highest BCUT2D eigenvalue weighted by atomic mass is 35.5. The Hall–Kier alpha value is -1.85. The van der Waals surface area contributed by atoms with Crippen molar-refractivity contribution in [3.05, 3.63) is 50.7 Å². The van der Waals surface area contributed by atoms with Crippen molar-refractivity contribution in [1.29, 1.82) is 0 Å². The minimum absolute atomic E-state index is 0.418. The Kier molecular flexibility index (Phi) is 6.40. The number of thiophene rings is 1. The van der Waals surface area contributed by atoms with E-state index in [1.165, 1.54) is 18.3 Å². The summed E-state index contributed by atoms with van der Waals surface area (Å²) in [6.07, 6.45) is 1.03. The number of ether oxygens (including phenoxy) is 1. The van der Waals surface area contributed by atoms with Crippen LogP contribution in [0, 0.1) is 6.92 Å². The number of nitrogens with one attached hydrogen (secondary N) is 1. The van der Waals surface area contributed by atoms with E-state index < -0.39 is 18.0 Å². The molecule has 1 heterocycles. The van der Waals surface area contributed by atoms with Crippen LogP contribution in [-0.2, 0) is 16.0 Å². The summed E-state index contributed by atoms with van der Waals surface area (Å²) in [7, 11) is 0. The van der Waals surface area contributed by atoms with Crippen LogP contribution in [0.1, 0.15) is 40.4 Å². The van der Waals surface area contributed by atoms with Crippen molar-refractivity contribution in [2.75, 3.05) is 5.32 Å². The molecule has 24 heavy (non-hydrogen) atoms. The van der Waals surface area contributed by atoms with Crippen LogP contribution in [0.2, 0.25) is 5.02 Å². The first-order valence-electron chi connectivity index (χ1n) is 7.78. The molecule has 1 aromatic carbocycles. The maximum Gasteiger partial charge on any atom is 0.349 e. The smallest absolute Gasteiger partial charge is 0.349 e. The van der Waals surface area contributed by atoms with Gasteiger partial charge in [-0.2, -0.15) is 0 Å². The number of esters is 1. The quantitative estimate of drug-likeness (QED) is 0.744. The number of anilines is 1. The van der Waals surface area contributed by atoms with Crippen LogP contribution in [-0.4, -0.2) is 18.0 Å². The molecule has 0 saturated carbocycles. The fourth-order valence-corrected chi connectivity index (χ4v) is 3.34. The normalized spacial score (nSPS) is 11.8. The lowest BCUT2D eigenvalue weighted by Crippen LogP contribution is -2.29. The second-order valence-corrected chi connectivity index (χ2v) is 7.12. The number of amides is 1. The average molecular weight is 366 g/mol. The number of halogens is 1. The van der Waals surface area contributed by atoms with Crippen molar-refractivity contribution in [3.63, 3.8) is 0 Å². The summed E-state index contributed by atoms with van der Waals surface area (Å²) >= 11 is 7.40. The minimum atomic E-state index is -0.911. The van der Waals surface area contributed by atoms with E-state index in [-0.39, 0.29) is 0 Å². The number of carbonyl (C=O) groups is 2. The van der Waals surface area contributed by atoms with Gasteiger partial charge in [-0.1, -0.05) is 37.1 Å². The highest BCUT2D eigenvalue weighted by molar-refractivity contribution is 7.14. The molecule has 1 N–H and O–H groups in total. The first-order chi connectivity index (χ1) is 11.4. The van der Waals surface area contributed by atoms with Gasteiger partial charge in [0.25, 0.3) is 5.91 Å². The number of aryl methyl sites for hydroxylation is 2. The maximum atomic E-state index is 12.2. The summed E-state index contributed by atoms with van der Waals surface area (Å²) in [5, 5.41) is 3.09. The molecule has 0 spiro atoms. The molecule has 1 amide bonds. The first-order valence-corrected chi connectivity index (χ1v) is 8.97. The van der Waals surface area contributed by atoms with Crippen LogP contribution < -0.4 is 5.32 Å². The molecular weight excluding hydrogens is 346 g/mol. The highest BCUT2D eigenvalue weighted by Crippen LogP contribution is 2.24. The van der Waals surface area contributed by atoms with Gasteiger partial charge in [-0.15, -0.1) is 11.3 Å². The van der Waals surface area contributed by atoms with Crippen molar-refractivity contribution in [1.82, 2.24) is 0 Å². The Morgan fingerprint density at radius 1 is 1.33 bits per heavy atom. The number of para-hydroxylation sites is 1. The van der Waals surface area contributed by atoms with Crippen LogP contribution in [0.25, 0.3) is 0 Å². The van der Waals surface area contributed by atoms with Crippen molar-refractivity contribution in [2.45, 2.75) is 39.7 Å². The van der Waals surface area contributed by atoms with E-state index in [1.54, 1.807) is 24.3 Å².